The average molecular weight is 459 g/mol. The third kappa shape index (κ3) is 5.36. The van der Waals surface area contributed by atoms with Gasteiger partial charge in [-0.05, 0) is 44.5 Å². The smallest absolute Gasteiger partial charge is 0.312 e. The van der Waals surface area contributed by atoms with E-state index in [-0.39, 0.29) is 12.2 Å². The normalized spacial score (nSPS) is 11.8. The summed E-state index contributed by atoms with van der Waals surface area (Å²) >= 11 is 5.88. The molecule has 3 rings (SSSR count). The number of ether oxygens (including phenoxy) is 1. The molecule has 2 aromatic heterocycles. The monoisotopic (exact) mass is 458 g/mol. The quantitative estimate of drug-likeness (QED) is 0.392. The van der Waals surface area contributed by atoms with Crippen molar-refractivity contribution >= 4 is 29.4 Å². The number of nitrogens with one attached hydrogen (secondary N) is 1. The van der Waals surface area contributed by atoms with Crippen LogP contribution in [-0.2, 0) is 9.53 Å². The lowest BCUT2D eigenvalue weighted by Gasteiger charge is -2.17. The Labute approximate surface area is 189 Å². The van der Waals surface area contributed by atoms with Gasteiger partial charge in [0.25, 0.3) is 0 Å². The van der Waals surface area contributed by atoms with Crippen molar-refractivity contribution in [2.24, 2.45) is 5.73 Å². The molecule has 1 unspecified atom stereocenters. The largest absolute Gasteiger partial charge is 0.457 e. The maximum absolute atomic E-state index is 12.7. The molecule has 3 N–H and O–H groups in total. The summed E-state index contributed by atoms with van der Waals surface area (Å²) < 4.78 is 12.1. The van der Waals surface area contributed by atoms with Crippen LogP contribution in [0.25, 0.3) is 5.82 Å². The highest BCUT2D eigenvalue weighted by molar-refractivity contribution is 6.30. The maximum Gasteiger partial charge on any atom is 0.312 e. The molecule has 0 aliphatic carbocycles. The summed E-state index contributed by atoms with van der Waals surface area (Å²) in [6.07, 6.45) is -0.199. The van der Waals surface area contributed by atoms with Crippen LogP contribution in [0.2, 0.25) is 5.02 Å². The van der Waals surface area contributed by atoms with E-state index in [1.807, 2.05) is 6.92 Å². The van der Waals surface area contributed by atoms with Crippen LogP contribution in [0.1, 0.15) is 45.5 Å². The molecule has 2 amide bonds. The van der Waals surface area contributed by atoms with Crippen molar-refractivity contribution in [2.75, 3.05) is 6.61 Å². The highest BCUT2D eigenvalue weighted by Gasteiger charge is 2.22. The van der Waals surface area contributed by atoms with E-state index in [4.69, 9.17) is 26.6 Å². The molecule has 0 spiro atoms. The van der Waals surface area contributed by atoms with Crippen LogP contribution in [0.5, 0.6) is 0 Å². The number of ketones is 1. The fraction of sp³-hybridized carbons (Fsp3) is 0.273. The minimum atomic E-state index is -0.788. The molecule has 2 heterocycles. The average Bonchev–Trinajstić information content (AvgIpc) is 3.28. The zero-order valence-electron chi connectivity index (χ0n) is 17.8. The zero-order valence-corrected chi connectivity index (χ0v) is 18.6. The third-order valence-electron chi connectivity index (χ3n) is 4.90. The molecule has 168 valence electrons. The Morgan fingerprint density at radius 1 is 1.19 bits per heavy atom. The Morgan fingerprint density at radius 3 is 2.47 bits per heavy atom. The number of Topliss-reactive ketones (excluding diaryl/α,β-unsaturated/α-hetero) is 1. The lowest BCUT2D eigenvalue weighted by molar-refractivity contribution is -0.143. The van der Waals surface area contributed by atoms with Crippen LogP contribution in [-0.4, -0.2) is 34.1 Å². The fourth-order valence-corrected chi connectivity index (χ4v) is 3.55. The van der Waals surface area contributed by atoms with Gasteiger partial charge in [0, 0.05) is 28.0 Å². The van der Waals surface area contributed by atoms with Crippen molar-refractivity contribution in [2.45, 2.75) is 33.2 Å². The van der Waals surface area contributed by atoms with Crippen molar-refractivity contribution in [3.63, 3.8) is 0 Å². The Hall–Kier alpha value is -3.59. The van der Waals surface area contributed by atoms with Crippen LogP contribution in [0.4, 0.5) is 4.79 Å². The van der Waals surface area contributed by atoms with Crippen LogP contribution in [0, 0.1) is 20.8 Å². The number of primary amides is 1. The molecule has 1 atom stereocenters. The molecule has 32 heavy (non-hydrogen) atoms. The molecule has 0 radical (unpaired) electrons. The number of carbonyl (C=O) groups is 3. The van der Waals surface area contributed by atoms with E-state index in [2.05, 4.69) is 10.5 Å². The number of halogens is 1. The highest BCUT2D eigenvalue weighted by Crippen LogP contribution is 2.22. The lowest BCUT2D eigenvalue weighted by Crippen LogP contribution is -2.34. The number of carbonyl (C=O) groups excluding carboxylic acids is 3. The molecular formula is C22H23ClN4O5. The lowest BCUT2D eigenvalue weighted by atomic mass is 10.0. The number of nitrogens with two attached hydrogens (primary N) is 1. The fourth-order valence-electron chi connectivity index (χ4n) is 3.42. The van der Waals surface area contributed by atoms with Gasteiger partial charge in [0.15, 0.2) is 12.4 Å². The van der Waals surface area contributed by atoms with Crippen LogP contribution >= 0.6 is 11.6 Å². The molecule has 0 aliphatic rings. The Kier molecular flexibility index (Phi) is 6.99. The van der Waals surface area contributed by atoms with Gasteiger partial charge in [0.1, 0.15) is 5.76 Å². The van der Waals surface area contributed by atoms with Gasteiger partial charge < -0.3 is 20.3 Å². The molecule has 0 saturated carbocycles. The number of nitrogens with zero attached hydrogens (tertiary/aromatic N) is 2. The first-order valence-electron chi connectivity index (χ1n) is 9.78. The Balaban J connectivity index is 1.67. The summed E-state index contributed by atoms with van der Waals surface area (Å²) in [5.74, 6) is 0.197. The van der Waals surface area contributed by atoms with E-state index < -0.39 is 24.6 Å². The van der Waals surface area contributed by atoms with E-state index in [1.54, 1.807) is 54.8 Å². The van der Waals surface area contributed by atoms with Gasteiger partial charge in [-0.25, -0.2) is 4.79 Å². The van der Waals surface area contributed by atoms with Crippen molar-refractivity contribution in [3.05, 3.63) is 69.7 Å². The van der Waals surface area contributed by atoms with Gasteiger partial charge in [0.2, 0.25) is 5.78 Å². The van der Waals surface area contributed by atoms with E-state index in [0.717, 1.165) is 5.69 Å². The van der Waals surface area contributed by atoms with Gasteiger partial charge in [-0.2, -0.15) is 0 Å². The van der Waals surface area contributed by atoms with Crippen LogP contribution < -0.4 is 11.1 Å². The Bertz CT molecular complexity index is 1150. The standard InChI is InChI=1S/C22H23ClN4O5/c1-12-8-17(14(3)27(12)20-9-13(2)32-26-20)19(28)11-31-21(29)10-18(25-22(24)30)15-4-6-16(23)7-5-15/h4-9,18H,10-11H2,1-3H3,(H3,24,25,30). The van der Waals surface area contributed by atoms with E-state index in [0.29, 0.717) is 33.4 Å². The predicted octanol–water partition coefficient (Wildman–Crippen LogP) is 3.57. The molecule has 0 fully saturated rings. The number of esters is 1. The van der Waals surface area contributed by atoms with Gasteiger partial charge in [-0.15, -0.1) is 0 Å². The number of urea groups is 1. The van der Waals surface area contributed by atoms with Crippen molar-refractivity contribution in [3.8, 4) is 5.82 Å². The molecule has 3 aromatic rings. The molecule has 0 bridgehead atoms. The van der Waals surface area contributed by atoms with E-state index in [9.17, 15) is 14.4 Å². The molecule has 0 saturated heterocycles. The molecule has 10 heteroatoms. The number of benzene rings is 1. The summed E-state index contributed by atoms with van der Waals surface area (Å²) in [5.41, 5.74) is 7.71. The SMILES string of the molecule is Cc1cc(-n2c(C)cc(C(=O)COC(=O)CC(NC(N)=O)c3ccc(Cl)cc3)c2C)no1. The van der Waals surface area contributed by atoms with Crippen molar-refractivity contribution < 1.29 is 23.6 Å². The van der Waals surface area contributed by atoms with Crippen LogP contribution in [0.3, 0.4) is 0 Å². The molecule has 0 aliphatic heterocycles. The molecular weight excluding hydrogens is 436 g/mol. The van der Waals surface area contributed by atoms with Gasteiger partial charge in [0.05, 0.1) is 12.5 Å². The third-order valence-corrected chi connectivity index (χ3v) is 5.15. The predicted molar refractivity (Wildman–Crippen MR) is 117 cm³/mol. The summed E-state index contributed by atoms with van der Waals surface area (Å²) in [6, 6.07) is 8.57. The summed E-state index contributed by atoms with van der Waals surface area (Å²) in [5, 5.41) is 6.99. The summed E-state index contributed by atoms with van der Waals surface area (Å²) in [7, 11) is 0. The molecule has 1 aromatic carbocycles. The van der Waals surface area contributed by atoms with E-state index in [1.165, 1.54) is 0 Å². The maximum atomic E-state index is 12.7. The van der Waals surface area contributed by atoms with Crippen molar-refractivity contribution in [1.82, 2.24) is 15.0 Å². The first-order chi connectivity index (χ1) is 15.2. The summed E-state index contributed by atoms with van der Waals surface area (Å²) in [4.78, 5) is 36.4. The highest BCUT2D eigenvalue weighted by atomic mass is 35.5. The van der Waals surface area contributed by atoms with Gasteiger partial charge >= 0.3 is 12.0 Å². The van der Waals surface area contributed by atoms with E-state index >= 15 is 0 Å². The first-order valence-corrected chi connectivity index (χ1v) is 10.2. The first kappa shape index (κ1) is 23.1. The minimum absolute atomic E-state index is 0.199. The second-order valence-corrected chi connectivity index (χ2v) is 7.75. The summed E-state index contributed by atoms with van der Waals surface area (Å²) in [6.45, 7) is 4.96. The number of rotatable bonds is 8. The number of aromatic nitrogens is 2. The topological polar surface area (TPSA) is 129 Å². The van der Waals surface area contributed by atoms with Gasteiger partial charge in [-0.1, -0.05) is 28.9 Å². The Morgan fingerprint density at radius 2 is 1.88 bits per heavy atom. The number of amides is 2. The second kappa shape index (κ2) is 9.69. The molecule has 9 nitrogen and oxygen atoms in total. The number of aryl methyl sites for hydroxylation is 2. The van der Waals surface area contributed by atoms with Crippen LogP contribution in [0.15, 0.2) is 40.9 Å². The minimum Gasteiger partial charge on any atom is -0.457 e. The second-order valence-electron chi connectivity index (χ2n) is 7.32. The number of hydrogen-bond donors (Lipinski definition) is 2. The van der Waals surface area contributed by atoms with Crippen molar-refractivity contribution in [1.29, 1.82) is 0 Å². The number of hydrogen-bond acceptors (Lipinski definition) is 6. The van der Waals surface area contributed by atoms with Gasteiger partial charge in [-0.3, -0.25) is 14.2 Å². The zero-order chi connectivity index (χ0) is 23.4.